The third-order valence-corrected chi connectivity index (χ3v) is 9.67. The Morgan fingerprint density at radius 3 is 2.46 bits per heavy atom. The van der Waals surface area contributed by atoms with Crippen LogP contribution in [0.3, 0.4) is 0 Å². The summed E-state index contributed by atoms with van der Waals surface area (Å²) in [6, 6.07) is 6.26. The second kappa shape index (κ2) is 16.9. The first-order valence-electron chi connectivity index (χ1n) is 15.9. The summed E-state index contributed by atoms with van der Waals surface area (Å²) in [4.78, 5) is 46.7. The fourth-order valence-electron chi connectivity index (χ4n) is 5.98. The summed E-state index contributed by atoms with van der Waals surface area (Å²) in [6.45, 7) is 14.8. The van der Waals surface area contributed by atoms with E-state index in [1.54, 1.807) is 11.3 Å². The second-order valence-corrected chi connectivity index (χ2v) is 12.8. The Morgan fingerprint density at radius 2 is 1.80 bits per heavy atom. The molecule has 1 saturated carbocycles. The van der Waals surface area contributed by atoms with Crippen molar-refractivity contribution in [2.24, 2.45) is 11.8 Å². The molecular formula is C34H51N3O3S. The Hall–Kier alpha value is -2.38. The monoisotopic (exact) mass is 581 g/mol. The van der Waals surface area contributed by atoms with E-state index >= 15 is 0 Å². The molecule has 41 heavy (non-hydrogen) atoms. The molecule has 0 bridgehead atoms. The van der Waals surface area contributed by atoms with Gasteiger partial charge in [-0.05, 0) is 68.8 Å². The SMILES string of the molecule is C=C(CN(CC)CC)C(=O)CC[C@@H](NC(=O)[C@@H](CC(=O)CCC)Cc1nc2ccc(CC)cc2s1)C1CCCCC1. The average molecular weight is 582 g/mol. The summed E-state index contributed by atoms with van der Waals surface area (Å²) in [5.74, 6) is 0.0350. The van der Waals surface area contributed by atoms with Crippen molar-refractivity contribution in [3.63, 3.8) is 0 Å². The number of aromatic nitrogens is 1. The molecule has 1 amide bonds. The van der Waals surface area contributed by atoms with E-state index in [0.717, 1.165) is 66.8 Å². The highest BCUT2D eigenvalue weighted by molar-refractivity contribution is 7.18. The minimum absolute atomic E-state index is 0.0701. The van der Waals surface area contributed by atoms with Crippen molar-refractivity contribution < 1.29 is 14.4 Å². The number of carbonyl (C=O) groups is 3. The predicted molar refractivity (Wildman–Crippen MR) is 170 cm³/mol. The van der Waals surface area contributed by atoms with Crippen LogP contribution in [-0.4, -0.2) is 53.0 Å². The largest absolute Gasteiger partial charge is 0.353 e. The van der Waals surface area contributed by atoms with E-state index in [0.29, 0.717) is 43.7 Å². The Balaban J connectivity index is 1.74. The molecule has 1 aromatic carbocycles. The van der Waals surface area contributed by atoms with Gasteiger partial charge >= 0.3 is 0 Å². The predicted octanol–water partition coefficient (Wildman–Crippen LogP) is 7.09. The Labute approximate surface area is 251 Å². The van der Waals surface area contributed by atoms with Gasteiger partial charge in [0.2, 0.25) is 5.91 Å². The topological polar surface area (TPSA) is 79.4 Å². The molecule has 1 aliphatic carbocycles. The van der Waals surface area contributed by atoms with Gasteiger partial charge in [0.1, 0.15) is 5.78 Å². The number of Topliss-reactive ketones (excluding diaryl/α,β-unsaturated/α-hetero) is 2. The van der Waals surface area contributed by atoms with Gasteiger partial charge in [-0.2, -0.15) is 0 Å². The molecule has 3 rings (SSSR count). The molecule has 1 heterocycles. The Kier molecular flexibility index (Phi) is 13.7. The number of ketones is 2. The lowest BCUT2D eigenvalue weighted by Gasteiger charge is -2.32. The third-order valence-electron chi connectivity index (χ3n) is 8.63. The lowest BCUT2D eigenvalue weighted by Crippen LogP contribution is -2.45. The molecule has 0 radical (unpaired) electrons. The minimum Gasteiger partial charge on any atom is -0.353 e. The number of benzene rings is 1. The van der Waals surface area contributed by atoms with Crippen molar-refractivity contribution in [2.45, 2.75) is 111 Å². The quantitative estimate of drug-likeness (QED) is 0.190. The first kappa shape index (κ1) is 33.1. The summed E-state index contributed by atoms with van der Waals surface area (Å²) in [5.41, 5.74) is 2.86. The smallest absolute Gasteiger partial charge is 0.224 e. The summed E-state index contributed by atoms with van der Waals surface area (Å²) < 4.78 is 1.13. The van der Waals surface area contributed by atoms with Gasteiger partial charge in [-0.15, -0.1) is 11.3 Å². The van der Waals surface area contributed by atoms with Gasteiger partial charge in [-0.1, -0.05) is 59.6 Å². The molecular weight excluding hydrogens is 530 g/mol. The zero-order valence-corrected chi connectivity index (χ0v) is 26.6. The first-order valence-corrected chi connectivity index (χ1v) is 16.7. The summed E-state index contributed by atoms with van der Waals surface area (Å²) in [5, 5.41) is 4.26. The number of fused-ring (bicyclic) bond motifs is 1. The van der Waals surface area contributed by atoms with Crippen LogP contribution in [0.1, 0.15) is 102 Å². The van der Waals surface area contributed by atoms with Crippen LogP contribution in [0.15, 0.2) is 30.4 Å². The molecule has 0 saturated heterocycles. The number of hydrogen-bond donors (Lipinski definition) is 1. The highest BCUT2D eigenvalue weighted by Crippen LogP contribution is 2.30. The van der Waals surface area contributed by atoms with Crippen LogP contribution < -0.4 is 5.32 Å². The van der Waals surface area contributed by atoms with Crippen molar-refractivity contribution in [1.29, 1.82) is 0 Å². The number of amides is 1. The van der Waals surface area contributed by atoms with Crippen molar-refractivity contribution >= 4 is 39.0 Å². The summed E-state index contributed by atoms with van der Waals surface area (Å²) in [7, 11) is 0. The molecule has 0 aliphatic heterocycles. The van der Waals surface area contributed by atoms with E-state index in [1.165, 1.54) is 12.0 Å². The number of nitrogens with one attached hydrogen (secondary N) is 1. The lowest BCUT2D eigenvalue weighted by atomic mass is 9.81. The zero-order chi connectivity index (χ0) is 29.8. The van der Waals surface area contributed by atoms with E-state index in [9.17, 15) is 14.4 Å². The molecule has 2 atom stereocenters. The molecule has 7 heteroatoms. The second-order valence-electron chi connectivity index (χ2n) is 11.7. The molecule has 226 valence electrons. The number of aryl methyl sites for hydroxylation is 1. The lowest BCUT2D eigenvalue weighted by molar-refractivity contribution is -0.130. The van der Waals surface area contributed by atoms with Crippen LogP contribution >= 0.6 is 11.3 Å². The maximum Gasteiger partial charge on any atom is 0.224 e. The van der Waals surface area contributed by atoms with Crippen LogP contribution in [0.4, 0.5) is 0 Å². The number of carbonyl (C=O) groups excluding carboxylic acids is 3. The molecule has 1 N–H and O–H groups in total. The summed E-state index contributed by atoms with van der Waals surface area (Å²) >= 11 is 1.62. The number of thiazole rings is 1. The molecule has 2 aromatic rings. The number of nitrogens with zero attached hydrogens (tertiary/aromatic N) is 2. The standard InChI is InChI=1S/C34H51N3O3S/c1-6-13-28(38)21-27(22-33-35-30-17-16-25(7-2)20-32(30)41-33)34(40)36-29(26-14-11-10-12-15-26)18-19-31(39)24(5)23-37(8-3)9-4/h16-17,20,26-27,29H,5-15,18-19,21-23H2,1-4H3,(H,36,40)/t27-,29+/m0/s1. The van der Waals surface area contributed by atoms with Crippen molar-refractivity contribution in [2.75, 3.05) is 19.6 Å². The van der Waals surface area contributed by atoms with Crippen LogP contribution in [0.2, 0.25) is 0 Å². The van der Waals surface area contributed by atoms with Gasteiger partial charge in [-0.25, -0.2) is 4.98 Å². The average Bonchev–Trinajstić information content (AvgIpc) is 3.39. The van der Waals surface area contributed by atoms with Crippen LogP contribution in [0.25, 0.3) is 10.2 Å². The van der Waals surface area contributed by atoms with Crippen LogP contribution in [-0.2, 0) is 27.2 Å². The number of hydrogen-bond acceptors (Lipinski definition) is 6. The van der Waals surface area contributed by atoms with E-state index in [2.05, 4.69) is 55.8 Å². The molecule has 0 unspecified atom stereocenters. The van der Waals surface area contributed by atoms with Crippen molar-refractivity contribution in [1.82, 2.24) is 15.2 Å². The molecule has 1 aliphatic rings. The van der Waals surface area contributed by atoms with Gasteiger partial charge in [0, 0.05) is 43.8 Å². The van der Waals surface area contributed by atoms with Crippen LogP contribution in [0.5, 0.6) is 0 Å². The van der Waals surface area contributed by atoms with Crippen molar-refractivity contribution in [3.05, 3.63) is 40.9 Å². The maximum absolute atomic E-state index is 13.9. The van der Waals surface area contributed by atoms with E-state index in [1.807, 2.05) is 6.92 Å². The number of likely N-dealkylation sites (N-methyl/N-ethyl adjacent to an activating group) is 1. The minimum atomic E-state index is -0.459. The van der Waals surface area contributed by atoms with E-state index in [-0.39, 0.29) is 29.9 Å². The van der Waals surface area contributed by atoms with Gasteiger partial charge in [0.05, 0.1) is 21.1 Å². The summed E-state index contributed by atoms with van der Waals surface area (Å²) in [6.07, 6.45) is 9.58. The third kappa shape index (κ3) is 10.1. The first-order chi connectivity index (χ1) is 19.8. The van der Waals surface area contributed by atoms with Crippen LogP contribution in [0, 0.1) is 11.8 Å². The zero-order valence-electron chi connectivity index (χ0n) is 25.8. The fraction of sp³-hybridized carbons (Fsp3) is 0.647. The maximum atomic E-state index is 13.9. The highest BCUT2D eigenvalue weighted by Gasteiger charge is 2.30. The van der Waals surface area contributed by atoms with Crippen molar-refractivity contribution in [3.8, 4) is 0 Å². The van der Waals surface area contributed by atoms with E-state index < -0.39 is 5.92 Å². The Morgan fingerprint density at radius 1 is 1.07 bits per heavy atom. The fourth-order valence-corrected chi connectivity index (χ4v) is 7.09. The number of rotatable bonds is 18. The van der Waals surface area contributed by atoms with E-state index in [4.69, 9.17) is 4.98 Å². The molecule has 1 fully saturated rings. The highest BCUT2D eigenvalue weighted by atomic mass is 32.1. The molecule has 6 nitrogen and oxygen atoms in total. The normalized spacial score (nSPS) is 15.6. The van der Waals surface area contributed by atoms with Gasteiger partial charge < -0.3 is 5.32 Å². The Bertz CT molecular complexity index is 1160. The van der Waals surface area contributed by atoms with Gasteiger partial charge in [0.25, 0.3) is 0 Å². The molecule has 0 spiro atoms. The van der Waals surface area contributed by atoms with Gasteiger partial charge in [0.15, 0.2) is 5.78 Å². The van der Waals surface area contributed by atoms with Gasteiger partial charge in [-0.3, -0.25) is 19.3 Å². The molecule has 1 aromatic heterocycles.